The first kappa shape index (κ1) is 24.1. The fourth-order valence-electron chi connectivity index (χ4n) is 4.28. The van der Waals surface area contributed by atoms with Gasteiger partial charge < -0.3 is 19.4 Å². The van der Waals surface area contributed by atoms with Crippen LogP contribution < -0.4 is 14.8 Å². The molecule has 8 nitrogen and oxygen atoms in total. The molecule has 1 saturated heterocycles. The second kappa shape index (κ2) is 10.1. The number of hydrogen-bond donors (Lipinski definition) is 1. The second-order valence-corrected chi connectivity index (χ2v) is 10.3. The Morgan fingerprint density at radius 1 is 1.09 bits per heavy atom. The SMILES string of the molecule is CCOc1ccc(CNC(=O)C(C)n2ccc3cc(S(=O)(=O)N4CCCC4)ccc32)cc1OC. The van der Waals surface area contributed by atoms with Crippen molar-refractivity contribution in [1.29, 1.82) is 0 Å². The Hall–Kier alpha value is -3.04. The Balaban J connectivity index is 1.47. The molecule has 9 heteroatoms. The zero-order valence-corrected chi connectivity index (χ0v) is 20.6. The molecule has 0 radical (unpaired) electrons. The van der Waals surface area contributed by atoms with E-state index < -0.39 is 16.1 Å². The van der Waals surface area contributed by atoms with Crippen molar-refractivity contribution in [1.82, 2.24) is 14.2 Å². The molecule has 1 unspecified atom stereocenters. The average molecular weight is 486 g/mol. The molecule has 1 amide bonds. The minimum Gasteiger partial charge on any atom is -0.493 e. The summed E-state index contributed by atoms with van der Waals surface area (Å²) in [6.07, 6.45) is 3.61. The van der Waals surface area contributed by atoms with Gasteiger partial charge in [0.25, 0.3) is 0 Å². The lowest BCUT2D eigenvalue weighted by molar-refractivity contribution is -0.123. The maximum Gasteiger partial charge on any atom is 0.243 e. The number of sulfonamides is 1. The highest BCUT2D eigenvalue weighted by Gasteiger charge is 2.27. The number of rotatable bonds is 9. The standard InChI is InChI=1S/C25H31N3O5S/c1-4-33-23-10-7-19(15-24(23)32-3)17-26-25(29)18(2)28-14-11-20-16-21(8-9-22(20)28)34(30,31)27-12-5-6-13-27/h7-11,14-16,18H,4-6,12-13,17H2,1-3H3,(H,26,29). The maximum absolute atomic E-state index is 12.9. The van der Waals surface area contributed by atoms with Gasteiger partial charge in [0.05, 0.1) is 18.6 Å². The topological polar surface area (TPSA) is 89.9 Å². The van der Waals surface area contributed by atoms with Crippen LogP contribution in [0.15, 0.2) is 53.6 Å². The number of amides is 1. The van der Waals surface area contributed by atoms with Gasteiger partial charge in [-0.15, -0.1) is 0 Å². The molecule has 2 heterocycles. The van der Waals surface area contributed by atoms with E-state index in [1.807, 2.05) is 48.9 Å². The molecule has 0 spiro atoms. The van der Waals surface area contributed by atoms with Gasteiger partial charge in [-0.3, -0.25) is 4.79 Å². The minimum absolute atomic E-state index is 0.140. The number of nitrogens with one attached hydrogen (secondary N) is 1. The molecule has 1 atom stereocenters. The van der Waals surface area contributed by atoms with Crippen LogP contribution in [-0.2, 0) is 21.4 Å². The Bertz CT molecular complexity index is 1280. The van der Waals surface area contributed by atoms with Crippen molar-refractivity contribution in [3.05, 3.63) is 54.2 Å². The number of fused-ring (bicyclic) bond motifs is 1. The number of aromatic nitrogens is 1. The number of ether oxygens (including phenoxy) is 2. The molecule has 4 rings (SSSR count). The van der Waals surface area contributed by atoms with E-state index in [0.29, 0.717) is 42.6 Å². The third-order valence-corrected chi connectivity index (χ3v) is 8.08. The summed E-state index contributed by atoms with van der Waals surface area (Å²) in [6.45, 7) is 5.76. The number of carbonyl (C=O) groups is 1. The Kier molecular flexibility index (Phi) is 7.13. The van der Waals surface area contributed by atoms with Gasteiger partial charge in [-0.2, -0.15) is 4.31 Å². The van der Waals surface area contributed by atoms with Gasteiger partial charge in [-0.1, -0.05) is 6.07 Å². The van der Waals surface area contributed by atoms with Gasteiger partial charge in [0, 0.05) is 36.7 Å². The molecule has 1 N–H and O–H groups in total. The molecule has 182 valence electrons. The van der Waals surface area contributed by atoms with Crippen LogP contribution in [0.4, 0.5) is 0 Å². The molecule has 3 aromatic rings. The third kappa shape index (κ3) is 4.76. The van der Waals surface area contributed by atoms with Gasteiger partial charge >= 0.3 is 0 Å². The lowest BCUT2D eigenvalue weighted by Crippen LogP contribution is -2.30. The summed E-state index contributed by atoms with van der Waals surface area (Å²) >= 11 is 0. The van der Waals surface area contributed by atoms with E-state index in [0.717, 1.165) is 29.3 Å². The van der Waals surface area contributed by atoms with Crippen LogP contribution in [0.5, 0.6) is 11.5 Å². The highest BCUT2D eigenvalue weighted by Crippen LogP contribution is 2.29. The predicted molar refractivity (Wildman–Crippen MR) is 131 cm³/mol. The van der Waals surface area contributed by atoms with Crippen LogP contribution >= 0.6 is 0 Å². The summed E-state index contributed by atoms with van der Waals surface area (Å²) in [5.41, 5.74) is 1.71. The Morgan fingerprint density at radius 2 is 1.85 bits per heavy atom. The van der Waals surface area contributed by atoms with Gasteiger partial charge in [0.1, 0.15) is 6.04 Å². The quantitative estimate of drug-likeness (QED) is 0.499. The number of hydrogen-bond acceptors (Lipinski definition) is 5. The molecule has 0 aliphatic carbocycles. The largest absolute Gasteiger partial charge is 0.493 e. The minimum atomic E-state index is -3.48. The zero-order valence-electron chi connectivity index (χ0n) is 19.8. The molecule has 1 aliphatic heterocycles. The summed E-state index contributed by atoms with van der Waals surface area (Å²) in [5, 5.41) is 3.76. The summed E-state index contributed by atoms with van der Waals surface area (Å²) in [5.74, 6) is 1.15. The third-order valence-electron chi connectivity index (χ3n) is 6.19. The highest BCUT2D eigenvalue weighted by atomic mass is 32.2. The Morgan fingerprint density at radius 3 is 2.56 bits per heavy atom. The van der Waals surface area contributed by atoms with E-state index in [-0.39, 0.29) is 5.91 Å². The van der Waals surface area contributed by atoms with Crippen molar-refractivity contribution in [2.75, 3.05) is 26.8 Å². The first-order valence-electron chi connectivity index (χ1n) is 11.5. The van der Waals surface area contributed by atoms with Crippen LogP contribution in [0.3, 0.4) is 0 Å². The van der Waals surface area contributed by atoms with E-state index in [1.165, 1.54) is 4.31 Å². The maximum atomic E-state index is 12.9. The van der Waals surface area contributed by atoms with Gasteiger partial charge in [-0.05, 0) is 68.7 Å². The molecular formula is C25H31N3O5S. The zero-order chi connectivity index (χ0) is 24.3. The molecule has 1 aromatic heterocycles. The van der Waals surface area contributed by atoms with Crippen LogP contribution in [0, 0.1) is 0 Å². The predicted octanol–water partition coefficient (Wildman–Crippen LogP) is 3.71. The van der Waals surface area contributed by atoms with E-state index in [4.69, 9.17) is 9.47 Å². The summed E-state index contributed by atoms with van der Waals surface area (Å²) in [4.78, 5) is 13.2. The van der Waals surface area contributed by atoms with Crippen LogP contribution in [0.2, 0.25) is 0 Å². The van der Waals surface area contributed by atoms with Gasteiger partial charge in [0.15, 0.2) is 11.5 Å². The lowest BCUT2D eigenvalue weighted by Gasteiger charge is -2.17. The molecule has 0 bridgehead atoms. The monoisotopic (exact) mass is 485 g/mol. The van der Waals surface area contributed by atoms with E-state index in [2.05, 4.69) is 5.32 Å². The van der Waals surface area contributed by atoms with E-state index in [1.54, 1.807) is 25.3 Å². The van der Waals surface area contributed by atoms with Gasteiger partial charge in [-0.25, -0.2) is 8.42 Å². The molecule has 1 aliphatic rings. The first-order chi connectivity index (χ1) is 16.3. The number of benzene rings is 2. The van der Waals surface area contributed by atoms with Crippen molar-refractivity contribution < 1.29 is 22.7 Å². The smallest absolute Gasteiger partial charge is 0.243 e. The molecular weight excluding hydrogens is 454 g/mol. The van der Waals surface area contributed by atoms with Crippen molar-refractivity contribution in [2.24, 2.45) is 0 Å². The number of methoxy groups -OCH3 is 1. The van der Waals surface area contributed by atoms with E-state index in [9.17, 15) is 13.2 Å². The van der Waals surface area contributed by atoms with Crippen LogP contribution in [-0.4, -0.2) is 50.0 Å². The normalized spacial score (nSPS) is 15.4. The van der Waals surface area contributed by atoms with Gasteiger partial charge in [0.2, 0.25) is 15.9 Å². The van der Waals surface area contributed by atoms with Crippen LogP contribution in [0.1, 0.15) is 38.3 Å². The van der Waals surface area contributed by atoms with Crippen molar-refractivity contribution >= 4 is 26.8 Å². The summed E-state index contributed by atoms with van der Waals surface area (Å²) in [6, 6.07) is 12.1. The van der Waals surface area contributed by atoms with Crippen molar-refractivity contribution in [2.45, 2.75) is 44.2 Å². The fraction of sp³-hybridized carbons (Fsp3) is 0.400. The average Bonchev–Trinajstić information content (AvgIpc) is 3.53. The number of nitrogens with zero attached hydrogens (tertiary/aromatic N) is 2. The molecule has 34 heavy (non-hydrogen) atoms. The van der Waals surface area contributed by atoms with Crippen molar-refractivity contribution in [3.8, 4) is 11.5 Å². The summed E-state index contributed by atoms with van der Waals surface area (Å²) < 4.78 is 40.1. The highest BCUT2D eigenvalue weighted by molar-refractivity contribution is 7.89. The summed E-state index contributed by atoms with van der Waals surface area (Å²) in [7, 11) is -1.90. The molecule has 2 aromatic carbocycles. The molecule has 0 saturated carbocycles. The first-order valence-corrected chi connectivity index (χ1v) is 13.0. The van der Waals surface area contributed by atoms with E-state index >= 15 is 0 Å². The number of carbonyl (C=O) groups excluding carboxylic acids is 1. The fourth-order valence-corrected chi connectivity index (χ4v) is 5.83. The molecule has 1 fully saturated rings. The Labute approximate surface area is 200 Å². The second-order valence-electron chi connectivity index (χ2n) is 8.37. The van der Waals surface area contributed by atoms with Crippen LogP contribution in [0.25, 0.3) is 10.9 Å². The van der Waals surface area contributed by atoms with Crippen molar-refractivity contribution in [3.63, 3.8) is 0 Å². The lowest BCUT2D eigenvalue weighted by atomic mass is 10.2.